The number of ether oxygens (including phenoxy) is 1. The molecular weight excluding hydrogens is 388 g/mol. The van der Waals surface area contributed by atoms with Crippen LogP contribution in [0.1, 0.15) is 31.4 Å². The molecule has 1 atom stereocenters. The minimum atomic E-state index is -0.304. The molecule has 2 aromatic heterocycles. The fourth-order valence-electron chi connectivity index (χ4n) is 3.14. The van der Waals surface area contributed by atoms with Crippen molar-refractivity contribution in [3.63, 3.8) is 0 Å². The fourth-order valence-corrected chi connectivity index (χ4v) is 3.14. The summed E-state index contributed by atoms with van der Waals surface area (Å²) < 4.78 is 10.8. The normalized spacial score (nSPS) is 15.5. The molecule has 2 N–H and O–H groups in total. The summed E-state index contributed by atoms with van der Waals surface area (Å²) in [4.78, 5) is 42.7. The van der Waals surface area contributed by atoms with Gasteiger partial charge in [0.05, 0.1) is 25.5 Å². The Balaban J connectivity index is 1.50. The van der Waals surface area contributed by atoms with E-state index in [4.69, 9.17) is 9.15 Å². The molecule has 1 fully saturated rings. The largest absolute Gasteiger partial charge is 0.467 e. The third-order valence-corrected chi connectivity index (χ3v) is 4.67. The monoisotopic (exact) mass is 414 g/mol. The maximum atomic E-state index is 12.7. The summed E-state index contributed by atoms with van der Waals surface area (Å²) in [6.45, 7) is 1.14. The molecule has 9 heteroatoms. The second-order valence-corrected chi connectivity index (χ2v) is 7.03. The molecule has 0 radical (unpaired) electrons. The second kappa shape index (κ2) is 11.1. The van der Waals surface area contributed by atoms with Crippen LogP contribution in [0.5, 0.6) is 0 Å². The number of nitrogens with zero attached hydrogens (tertiary/aromatic N) is 2. The third-order valence-electron chi connectivity index (χ3n) is 4.67. The fraction of sp³-hybridized carbons (Fsp3) is 0.429. The predicted molar refractivity (Wildman–Crippen MR) is 108 cm³/mol. The van der Waals surface area contributed by atoms with Gasteiger partial charge in [0.25, 0.3) is 0 Å². The van der Waals surface area contributed by atoms with Crippen molar-refractivity contribution in [2.45, 2.75) is 38.3 Å². The number of carbonyl (C=O) groups excluding carboxylic acids is 3. The van der Waals surface area contributed by atoms with E-state index in [1.807, 2.05) is 0 Å². The first-order chi connectivity index (χ1) is 14.6. The number of nitrogens with one attached hydrogen (secondary N) is 2. The predicted octanol–water partition coefficient (Wildman–Crippen LogP) is 1.72. The number of pyridine rings is 1. The number of anilines is 1. The summed E-state index contributed by atoms with van der Waals surface area (Å²) in [5, 5.41) is 5.39. The zero-order valence-electron chi connectivity index (χ0n) is 16.7. The Morgan fingerprint density at radius 2 is 2.03 bits per heavy atom. The molecule has 0 aliphatic carbocycles. The zero-order chi connectivity index (χ0) is 21.2. The van der Waals surface area contributed by atoms with Gasteiger partial charge in [0.15, 0.2) is 0 Å². The molecule has 1 aliphatic heterocycles. The topological polar surface area (TPSA) is 114 Å². The molecule has 3 heterocycles. The third kappa shape index (κ3) is 7.00. The Hall–Kier alpha value is -3.20. The maximum Gasteiger partial charge on any atom is 0.240 e. The molecule has 0 aromatic carbocycles. The van der Waals surface area contributed by atoms with Crippen LogP contribution in [0, 0.1) is 0 Å². The number of hydrogen-bond acceptors (Lipinski definition) is 6. The van der Waals surface area contributed by atoms with Gasteiger partial charge in [-0.3, -0.25) is 14.4 Å². The second-order valence-electron chi connectivity index (χ2n) is 7.03. The first kappa shape index (κ1) is 21.5. The van der Waals surface area contributed by atoms with Gasteiger partial charge in [-0.05, 0) is 37.1 Å². The van der Waals surface area contributed by atoms with Crippen molar-refractivity contribution in [2.24, 2.45) is 0 Å². The maximum absolute atomic E-state index is 12.7. The average Bonchev–Trinajstić information content (AvgIpc) is 3.45. The Bertz CT molecular complexity index is 819. The van der Waals surface area contributed by atoms with Gasteiger partial charge in [0.2, 0.25) is 17.7 Å². The summed E-state index contributed by atoms with van der Waals surface area (Å²) in [6.07, 6.45) is 4.80. The van der Waals surface area contributed by atoms with Crippen molar-refractivity contribution in [1.82, 2.24) is 15.2 Å². The van der Waals surface area contributed by atoms with Crippen molar-refractivity contribution >= 4 is 23.5 Å². The van der Waals surface area contributed by atoms with E-state index in [2.05, 4.69) is 15.6 Å². The number of carbonyl (C=O) groups is 3. The first-order valence-corrected chi connectivity index (χ1v) is 9.99. The lowest BCUT2D eigenvalue weighted by molar-refractivity contribution is -0.138. The van der Waals surface area contributed by atoms with Crippen molar-refractivity contribution in [3.8, 4) is 0 Å². The van der Waals surface area contributed by atoms with E-state index in [0.29, 0.717) is 24.7 Å². The molecule has 9 nitrogen and oxygen atoms in total. The highest BCUT2D eigenvalue weighted by Crippen LogP contribution is 2.14. The highest BCUT2D eigenvalue weighted by Gasteiger charge is 2.24. The molecule has 160 valence electrons. The number of rotatable bonds is 10. The van der Waals surface area contributed by atoms with E-state index < -0.39 is 0 Å². The highest BCUT2D eigenvalue weighted by atomic mass is 16.5. The summed E-state index contributed by atoms with van der Waals surface area (Å²) in [5.74, 6) is 0.196. The van der Waals surface area contributed by atoms with Crippen LogP contribution < -0.4 is 10.6 Å². The molecule has 0 saturated carbocycles. The van der Waals surface area contributed by atoms with E-state index in [1.54, 1.807) is 36.5 Å². The van der Waals surface area contributed by atoms with Gasteiger partial charge in [-0.25, -0.2) is 4.98 Å². The van der Waals surface area contributed by atoms with Crippen LogP contribution >= 0.6 is 0 Å². The smallest absolute Gasteiger partial charge is 0.240 e. The number of hydrogen-bond donors (Lipinski definition) is 2. The molecule has 3 rings (SSSR count). The van der Waals surface area contributed by atoms with E-state index in [0.717, 1.165) is 12.8 Å². The number of furan rings is 1. The van der Waals surface area contributed by atoms with Crippen LogP contribution in [0.15, 0.2) is 47.2 Å². The van der Waals surface area contributed by atoms with Gasteiger partial charge in [-0.1, -0.05) is 6.07 Å². The van der Waals surface area contributed by atoms with Crippen molar-refractivity contribution in [1.29, 1.82) is 0 Å². The molecule has 0 spiro atoms. The number of amides is 3. The van der Waals surface area contributed by atoms with Gasteiger partial charge in [-0.2, -0.15) is 0 Å². The lowest BCUT2D eigenvalue weighted by Gasteiger charge is -2.25. The summed E-state index contributed by atoms with van der Waals surface area (Å²) in [6, 6.07) is 8.69. The summed E-state index contributed by atoms with van der Waals surface area (Å²) in [5.41, 5.74) is 0. The van der Waals surface area contributed by atoms with Crippen molar-refractivity contribution < 1.29 is 23.5 Å². The molecule has 0 bridgehead atoms. The molecule has 1 unspecified atom stereocenters. The van der Waals surface area contributed by atoms with E-state index in [-0.39, 0.29) is 49.8 Å². The highest BCUT2D eigenvalue weighted by molar-refractivity contribution is 5.93. The SMILES string of the molecule is O=C(CN(CC1CCCO1)C(=O)CCC(=O)Nc1ccccn1)NCc1ccco1. The lowest BCUT2D eigenvalue weighted by Crippen LogP contribution is -2.44. The van der Waals surface area contributed by atoms with Gasteiger partial charge in [0, 0.05) is 32.2 Å². The summed E-state index contributed by atoms with van der Waals surface area (Å²) in [7, 11) is 0. The Labute approximate surface area is 174 Å². The summed E-state index contributed by atoms with van der Waals surface area (Å²) >= 11 is 0. The average molecular weight is 414 g/mol. The standard InChI is InChI=1S/C21H26N4O5/c26-19(24-18-7-1-2-10-22-18)8-9-21(28)25(14-17-6-4-12-30-17)15-20(27)23-13-16-5-3-11-29-16/h1-3,5,7,10-11,17H,4,6,8-9,12-15H2,(H,23,27)(H,22,24,26). The van der Waals surface area contributed by atoms with Gasteiger partial charge < -0.3 is 24.7 Å². The Morgan fingerprint density at radius 1 is 1.13 bits per heavy atom. The first-order valence-electron chi connectivity index (χ1n) is 9.99. The molecule has 2 aromatic rings. The van der Waals surface area contributed by atoms with Crippen LogP contribution in [0.25, 0.3) is 0 Å². The lowest BCUT2D eigenvalue weighted by atomic mass is 10.2. The van der Waals surface area contributed by atoms with Crippen LogP contribution in [0.2, 0.25) is 0 Å². The van der Waals surface area contributed by atoms with Gasteiger partial charge in [0.1, 0.15) is 11.6 Å². The molecular formula is C21H26N4O5. The van der Waals surface area contributed by atoms with E-state index in [9.17, 15) is 14.4 Å². The Morgan fingerprint density at radius 3 is 2.73 bits per heavy atom. The Kier molecular flexibility index (Phi) is 7.96. The van der Waals surface area contributed by atoms with Crippen molar-refractivity contribution in [3.05, 3.63) is 48.6 Å². The quantitative estimate of drug-likeness (QED) is 0.612. The molecule has 1 saturated heterocycles. The van der Waals surface area contributed by atoms with Crippen LogP contribution in [-0.2, 0) is 25.7 Å². The van der Waals surface area contributed by atoms with Gasteiger partial charge in [-0.15, -0.1) is 0 Å². The van der Waals surface area contributed by atoms with E-state index in [1.165, 1.54) is 11.2 Å². The molecule has 30 heavy (non-hydrogen) atoms. The minimum Gasteiger partial charge on any atom is -0.467 e. The van der Waals surface area contributed by atoms with Crippen LogP contribution in [0.3, 0.4) is 0 Å². The van der Waals surface area contributed by atoms with Crippen molar-refractivity contribution in [2.75, 3.05) is 25.0 Å². The zero-order valence-corrected chi connectivity index (χ0v) is 16.7. The minimum absolute atomic E-state index is 0.00312. The van der Waals surface area contributed by atoms with Gasteiger partial charge >= 0.3 is 0 Å². The molecule has 1 aliphatic rings. The van der Waals surface area contributed by atoms with Crippen LogP contribution in [-0.4, -0.2) is 53.4 Å². The number of aromatic nitrogens is 1. The molecule has 3 amide bonds. The van der Waals surface area contributed by atoms with E-state index >= 15 is 0 Å². The van der Waals surface area contributed by atoms with Crippen LogP contribution in [0.4, 0.5) is 5.82 Å².